The zero-order valence-corrected chi connectivity index (χ0v) is 10.8. The van der Waals surface area contributed by atoms with Crippen LogP contribution < -0.4 is 0 Å². The summed E-state index contributed by atoms with van der Waals surface area (Å²) in [4.78, 5) is 4.50. The highest BCUT2D eigenvalue weighted by Gasteiger charge is 2.09. The SMILES string of the molecule is Cn1nnnc1Sc1cc(C#N)c2ccccc2n1. The maximum atomic E-state index is 9.21. The van der Waals surface area contributed by atoms with Crippen molar-refractivity contribution < 1.29 is 0 Å². The van der Waals surface area contributed by atoms with Crippen molar-refractivity contribution in [3.05, 3.63) is 35.9 Å². The number of hydrogen-bond acceptors (Lipinski definition) is 6. The Morgan fingerprint density at radius 2 is 2.16 bits per heavy atom. The van der Waals surface area contributed by atoms with Crippen LogP contribution >= 0.6 is 11.8 Å². The van der Waals surface area contributed by atoms with E-state index in [0.29, 0.717) is 15.7 Å². The fourth-order valence-corrected chi connectivity index (χ4v) is 2.45. The van der Waals surface area contributed by atoms with E-state index >= 15 is 0 Å². The molecule has 3 rings (SSSR count). The minimum atomic E-state index is 0.600. The molecule has 0 amide bonds. The highest BCUT2D eigenvalue weighted by Crippen LogP contribution is 2.27. The quantitative estimate of drug-likeness (QED) is 0.704. The van der Waals surface area contributed by atoms with E-state index in [4.69, 9.17) is 0 Å². The van der Waals surface area contributed by atoms with Gasteiger partial charge in [-0.15, -0.1) is 5.10 Å². The number of fused-ring (bicyclic) bond motifs is 1. The Morgan fingerprint density at radius 3 is 2.89 bits per heavy atom. The normalized spacial score (nSPS) is 10.5. The lowest BCUT2D eigenvalue weighted by Crippen LogP contribution is -1.94. The first-order valence-corrected chi connectivity index (χ1v) is 6.29. The average Bonchev–Trinajstić information content (AvgIpc) is 2.83. The molecule has 92 valence electrons. The molecule has 0 aliphatic carbocycles. The molecule has 0 N–H and O–H groups in total. The topological polar surface area (TPSA) is 80.3 Å². The highest BCUT2D eigenvalue weighted by molar-refractivity contribution is 7.99. The van der Waals surface area contributed by atoms with Crippen LogP contribution in [0.3, 0.4) is 0 Å². The molecule has 0 bridgehead atoms. The summed E-state index contributed by atoms with van der Waals surface area (Å²) in [6.07, 6.45) is 0. The number of tetrazole rings is 1. The lowest BCUT2D eigenvalue weighted by atomic mass is 10.1. The van der Waals surface area contributed by atoms with Gasteiger partial charge in [0, 0.05) is 12.4 Å². The summed E-state index contributed by atoms with van der Waals surface area (Å²) in [5.41, 5.74) is 1.39. The Morgan fingerprint density at radius 1 is 1.32 bits per heavy atom. The van der Waals surface area contributed by atoms with Gasteiger partial charge in [0.2, 0.25) is 5.16 Å². The zero-order chi connectivity index (χ0) is 13.2. The zero-order valence-electron chi connectivity index (χ0n) is 9.98. The molecule has 0 fully saturated rings. The summed E-state index contributed by atoms with van der Waals surface area (Å²) in [5.74, 6) is 0. The van der Waals surface area contributed by atoms with Gasteiger partial charge in [-0.2, -0.15) is 5.26 Å². The third kappa shape index (κ3) is 2.13. The molecule has 1 aromatic carbocycles. The van der Waals surface area contributed by atoms with Crippen molar-refractivity contribution in [3.63, 3.8) is 0 Å². The number of aromatic nitrogens is 5. The molecule has 3 aromatic rings. The van der Waals surface area contributed by atoms with Crippen molar-refractivity contribution >= 4 is 22.7 Å². The predicted octanol–water partition coefficient (Wildman–Crippen LogP) is 1.78. The van der Waals surface area contributed by atoms with Gasteiger partial charge in [-0.1, -0.05) is 18.2 Å². The number of rotatable bonds is 2. The van der Waals surface area contributed by atoms with Crippen LogP contribution in [0.25, 0.3) is 10.9 Å². The van der Waals surface area contributed by atoms with E-state index in [-0.39, 0.29) is 0 Å². The Kier molecular flexibility index (Phi) is 2.85. The van der Waals surface area contributed by atoms with Crippen LogP contribution in [0.1, 0.15) is 5.56 Å². The molecule has 2 heterocycles. The monoisotopic (exact) mass is 268 g/mol. The van der Waals surface area contributed by atoms with Gasteiger partial charge in [0.05, 0.1) is 17.1 Å². The van der Waals surface area contributed by atoms with Crippen LogP contribution in [0.5, 0.6) is 0 Å². The van der Waals surface area contributed by atoms with Crippen molar-refractivity contribution in [2.24, 2.45) is 7.05 Å². The Bertz CT molecular complexity index is 788. The molecule has 2 aromatic heterocycles. The summed E-state index contributed by atoms with van der Waals surface area (Å²) in [7, 11) is 1.76. The molecule has 19 heavy (non-hydrogen) atoms. The Balaban J connectivity index is 2.10. The molecule has 6 nitrogen and oxygen atoms in total. The number of nitrogens with zero attached hydrogens (tertiary/aromatic N) is 6. The van der Waals surface area contributed by atoms with Gasteiger partial charge in [-0.3, -0.25) is 0 Å². The maximum absolute atomic E-state index is 9.21. The van der Waals surface area contributed by atoms with E-state index in [9.17, 15) is 5.26 Å². The number of benzene rings is 1. The summed E-state index contributed by atoms with van der Waals surface area (Å²) >= 11 is 1.33. The fraction of sp³-hybridized carbons (Fsp3) is 0.0833. The van der Waals surface area contributed by atoms with E-state index in [2.05, 4.69) is 26.6 Å². The lowest BCUT2D eigenvalue weighted by molar-refractivity contribution is 0.664. The first-order chi connectivity index (χ1) is 9.28. The first-order valence-electron chi connectivity index (χ1n) is 5.48. The van der Waals surface area contributed by atoms with Crippen LogP contribution in [0.2, 0.25) is 0 Å². The predicted molar refractivity (Wildman–Crippen MR) is 69.4 cm³/mol. The molecule has 0 aliphatic rings. The molecule has 0 saturated carbocycles. The van der Waals surface area contributed by atoms with Crippen LogP contribution in [-0.4, -0.2) is 25.2 Å². The summed E-state index contributed by atoms with van der Waals surface area (Å²) in [6.45, 7) is 0. The minimum Gasteiger partial charge on any atom is -0.241 e. The number of pyridine rings is 1. The highest BCUT2D eigenvalue weighted by atomic mass is 32.2. The van der Waals surface area contributed by atoms with Gasteiger partial charge >= 0.3 is 0 Å². The number of aryl methyl sites for hydroxylation is 1. The van der Waals surface area contributed by atoms with Crippen LogP contribution in [0.4, 0.5) is 0 Å². The molecule has 7 heteroatoms. The van der Waals surface area contributed by atoms with Crippen molar-refractivity contribution in [3.8, 4) is 6.07 Å². The maximum Gasteiger partial charge on any atom is 0.215 e. The van der Waals surface area contributed by atoms with E-state index in [1.807, 2.05) is 24.3 Å². The third-order valence-corrected chi connectivity index (χ3v) is 3.54. The van der Waals surface area contributed by atoms with E-state index in [0.717, 1.165) is 10.9 Å². The van der Waals surface area contributed by atoms with Gasteiger partial charge in [0.25, 0.3) is 0 Å². The molecule has 0 spiro atoms. The van der Waals surface area contributed by atoms with Gasteiger partial charge in [0.15, 0.2) is 0 Å². The minimum absolute atomic E-state index is 0.600. The Hall–Kier alpha value is -2.46. The third-order valence-electron chi connectivity index (χ3n) is 2.59. The number of nitriles is 1. The second-order valence-corrected chi connectivity index (χ2v) is 4.81. The van der Waals surface area contributed by atoms with E-state index in [1.165, 1.54) is 11.8 Å². The van der Waals surface area contributed by atoms with Crippen LogP contribution in [0.15, 0.2) is 40.5 Å². The molecule has 0 radical (unpaired) electrons. The standard InChI is InChI=1S/C12H8N6S/c1-18-12(15-16-17-18)19-11-6-8(7-13)9-4-2-3-5-10(9)14-11/h2-6H,1H3. The molecule has 0 saturated heterocycles. The summed E-state index contributed by atoms with van der Waals surface area (Å²) in [5, 5.41) is 22.6. The lowest BCUT2D eigenvalue weighted by Gasteiger charge is -2.03. The molecular formula is C12H8N6S. The van der Waals surface area contributed by atoms with Crippen molar-refractivity contribution in [1.29, 1.82) is 5.26 Å². The van der Waals surface area contributed by atoms with Gasteiger partial charge < -0.3 is 0 Å². The summed E-state index contributed by atoms with van der Waals surface area (Å²) < 4.78 is 1.56. The molecule has 0 aliphatic heterocycles. The molecule has 0 unspecified atom stereocenters. The molecular weight excluding hydrogens is 260 g/mol. The average molecular weight is 268 g/mol. The number of para-hydroxylation sites is 1. The Labute approximate surface area is 113 Å². The smallest absolute Gasteiger partial charge is 0.215 e. The van der Waals surface area contributed by atoms with Gasteiger partial charge in [-0.05, 0) is 34.3 Å². The van der Waals surface area contributed by atoms with Crippen LogP contribution in [-0.2, 0) is 7.05 Å². The number of hydrogen-bond donors (Lipinski definition) is 0. The van der Waals surface area contributed by atoms with Gasteiger partial charge in [-0.25, -0.2) is 9.67 Å². The van der Waals surface area contributed by atoms with Crippen molar-refractivity contribution in [2.45, 2.75) is 10.2 Å². The van der Waals surface area contributed by atoms with Gasteiger partial charge in [0.1, 0.15) is 5.03 Å². The molecule has 0 atom stereocenters. The van der Waals surface area contributed by atoms with Crippen LogP contribution in [0, 0.1) is 11.3 Å². The van der Waals surface area contributed by atoms with E-state index < -0.39 is 0 Å². The first kappa shape index (κ1) is 11.6. The largest absolute Gasteiger partial charge is 0.241 e. The van der Waals surface area contributed by atoms with Crippen molar-refractivity contribution in [2.75, 3.05) is 0 Å². The second-order valence-electron chi connectivity index (χ2n) is 3.82. The second kappa shape index (κ2) is 4.66. The fourth-order valence-electron chi connectivity index (χ4n) is 1.70. The van der Waals surface area contributed by atoms with E-state index in [1.54, 1.807) is 17.8 Å². The van der Waals surface area contributed by atoms with Crippen molar-refractivity contribution in [1.82, 2.24) is 25.2 Å². The summed E-state index contributed by atoms with van der Waals surface area (Å²) in [6, 6.07) is 11.5.